The van der Waals surface area contributed by atoms with Gasteiger partial charge in [0.2, 0.25) is 0 Å². The number of rotatable bonds is 4. The smallest absolute Gasteiger partial charge is 0.492 e. The molecule has 0 saturated heterocycles. The molecule has 2 aromatic rings. The molecule has 140 valence electrons. The van der Waals surface area contributed by atoms with Crippen LogP contribution in [0.15, 0.2) is 30.3 Å². The first-order valence-electron chi connectivity index (χ1n) is 7.88. The summed E-state index contributed by atoms with van der Waals surface area (Å²) in [6, 6.07) is 7.34. The quantitative estimate of drug-likeness (QED) is 0.645. The lowest BCUT2D eigenvalue weighted by Crippen LogP contribution is -2.17. The van der Waals surface area contributed by atoms with Gasteiger partial charge in [-0.1, -0.05) is 12.1 Å². The zero-order valence-corrected chi connectivity index (χ0v) is 15.8. The zero-order valence-electron chi connectivity index (χ0n) is 13.7. The van der Waals surface area contributed by atoms with Crippen LogP contribution in [0.25, 0.3) is 11.1 Å². The van der Waals surface area contributed by atoms with Crippen molar-refractivity contribution >= 4 is 22.6 Å². The van der Waals surface area contributed by atoms with E-state index in [4.69, 9.17) is 4.74 Å². The molecular weight excluding hydrogens is 464 g/mol. The van der Waals surface area contributed by atoms with Crippen LogP contribution in [0.4, 0.5) is 13.2 Å². The van der Waals surface area contributed by atoms with Crippen LogP contribution in [0, 0.1) is 3.57 Å². The van der Waals surface area contributed by atoms with E-state index >= 15 is 0 Å². The normalized spacial score (nSPS) is 16.0. The first-order valence-corrected chi connectivity index (χ1v) is 8.95. The van der Waals surface area contributed by atoms with Crippen LogP contribution in [0.1, 0.15) is 24.2 Å². The lowest BCUT2D eigenvalue weighted by atomic mass is 9.93. The van der Waals surface area contributed by atoms with Crippen molar-refractivity contribution in [2.75, 3.05) is 6.61 Å². The number of halogens is 4. The monoisotopic (exact) mass is 480 g/mol. The lowest BCUT2D eigenvalue weighted by Gasteiger charge is -2.20. The SMILES string of the molecule is C[C@H](O)C(O)c1c(I)cc(-c2ccc(OC(F)(F)F)cc2)c2c1CCO2. The summed E-state index contributed by atoms with van der Waals surface area (Å²) in [6.45, 7) is 1.95. The molecule has 1 aliphatic rings. The number of aliphatic hydroxyl groups is 2. The molecule has 2 atom stereocenters. The molecule has 2 aromatic carbocycles. The minimum absolute atomic E-state index is 0.297. The van der Waals surface area contributed by atoms with Crippen molar-refractivity contribution in [1.82, 2.24) is 0 Å². The second-order valence-corrected chi connectivity index (χ2v) is 7.15. The third-order valence-corrected chi connectivity index (χ3v) is 5.01. The van der Waals surface area contributed by atoms with Crippen LogP contribution in [-0.4, -0.2) is 29.3 Å². The van der Waals surface area contributed by atoms with Crippen LogP contribution in [0.2, 0.25) is 0 Å². The summed E-state index contributed by atoms with van der Waals surface area (Å²) in [7, 11) is 0. The van der Waals surface area contributed by atoms with Gasteiger partial charge in [0.15, 0.2) is 0 Å². The minimum Gasteiger partial charge on any atom is -0.492 e. The van der Waals surface area contributed by atoms with Crippen LogP contribution >= 0.6 is 22.6 Å². The summed E-state index contributed by atoms with van der Waals surface area (Å²) < 4.78 is 47.2. The Morgan fingerprint density at radius 3 is 2.42 bits per heavy atom. The number of fused-ring (bicyclic) bond motifs is 1. The maximum absolute atomic E-state index is 12.3. The van der Waals surface area contributed by atoms with Crippen LogP contribution in [0.5, 0.6) is 11.5 Å². The van der Waals surface area contributed by atoms with Crippen molar-refractivity contribution in [3.63, 3.8) is 0 Å². The van der Waals surface area contributed by atoms with Crippen molar-refractivity contribution in [2.45, 2.75) is 31.9 Å². The van der Waals surface area contributed by atoms with Gasteiger partial charge in [-0.05, 0) is 53.3 Å². The summed E-state index contributed by atoms with van der Waals surface area (Å²) in [5.74, 6) is 0.291. The molecule has 1 heterocycles. The molecule has 0 radical (unpaired) electrons. The minimum atomic E-state index is -4.74. The van der Waals surface area contributed by atoms with Crippen molar-refractivity contribution in [2.24, 2.45) is 0 Å². The number of alkyl halides is 3. The molecule has 1 aliphatic heterocycles. The van der Waals surface area contributed by atoms with Gasteiger partial charge in [0.1, 0.15) is 17.6 Å². The average Bonchev–Trinajstić information content (AvgIpc) is 3.02. The first-order chi connectivity index (χ1) is 12.2. The van der Waals surface area contributed by atoms with E-state index in [1.54, 1.807) is 6.07 Å². The number of hydrogen-bond donors (Lipinski definition) is 2. The van der Waals surface area contributed by atoms with E-state index < -0.39 is 18.6 Å². The number of benzene rings is 2. The summed E-state index contributed by atoms with van der Waals surface area (Å²) in [5, 5.41) is 20.1. The molecule has 0 amide bonds. The molecule has 0 saturated carbocycles. The molecule has 0 aliphatic carbocycles. The van der Waals surface area contributed by atoms with E-state index in [9.17, 15) is 23.4 Å². The maximum Gasteiger partial charge on any atom is 0.573 e. The van der Waals surface area contributed by atoms with E-state index in [2.05, 4.69) is 27.3 Å². The van der Waals surface area contributed by atoms with Crippen molar-refractivity contribution < 1.29 is 32.9 Å². The van der Waals surface area contributed by atoms with Crippen molar-refractivity contribution in [1.29, 1.82) is 0 Å². The highest BCUT2D eigenvalue weighted by Gasteiger charge is 2.31. The molecule has 3 rings (SSSR count). The Morgan fingerprint density at radius 1 is 1.19 bits per heavy atom. The summed E-state index contributed by atoms with van der Waals surface area (Å²) in [6.07, 6.45) is -6.11. The van der Waals surface area contributed by atoms with Crippen LogP contribution in [0.3, 0.4) is 0 Å². The molecular formula is C18H16F3IO4. The molecule has 0 aromatic heterocycles. The molecule has 26 heavy (non-hydrogen) atoms. The van der Waals surface area contributed by atoms with E-state index in [1.807, 2.05) is 0 Å². The van der Waals surface area contributed by atoms with E-state index in [1.165, 1.54) is 31.2 Å². The molecule has 4 nitrogen and oxygen atoms in total. The Bertz CT molecular complexity index is 804. The molecule has 0 spiro atoms. The third-order valence-electron chi connectivity index (χ3n) is 4.12. The van der Waals surface area contributed by atoms with Gasteiger partial charge in [-0.3, -0.25) is 0 Å². The van der Waals surface area contributed by atoms with Gasteiger partial charge in [0.25, 0.3) is 0 Å². The standard InChI is InChI=1S/C18H16F3IO4/c1-9(23)16(24)15-12-6-7-25-17(12)13(8-14(15)22)10-2-4-11(5-3-10)26-18(19,20)21/h2-5,8-9,16,23-24H,6-7H2,1H3/t9-,16?/m0/s1. The number of aliphatic hydroxyl groups excluding tert-OH is 2. The summed E-state index contributed by atoms with van der Waals surface area (Å²) >= 11 is 2.08. The van der Waals surface area contributed by atoms with Gasteiger partial charge in [0, 0.05) is 26.7 Å². The first kappa shape index (κ1) is 19.2. The van der Waals surface area contributed by atoms with Crippen molar-refractivity contribution in [3.05, 3.63) is 45.0 Å². The largest absolute Gasteiger partial charge is 0.573 e. The number of ether oxygens (including phenoxy) is 2. The maximum atomic E-state index is 12.3. The van der Waals surface area contributed by atoms with Gasteiger partial charge < -0.3 is 19.7 Å². The predicted molar refractivity (Wildman–Crippen MR) is 97.1 cm³/mol. The Balaban J connectivity index is 2.02. The highest BCUT2D eigenvalue weighted by atomic mass is 127. The van der Waals surface area contributed by atoms with Gasteiger partial charge in [-0.25, -0.2) is 0 Å². The van der Waals surface area contributed by atoms with Crippen molar-refractivity contribution in [3.8, 4) is 22.6 Å². The Morgan fingerprint density at radius 2 is 1.85 bits per heavy atom. The Hall–Kier alpha value is -1.52. The van der Waals surface area contributed by atoms with Crippen LogP contribution in [-0.2, 0) is 6.42 Å². The fourth-order valence-corrected chi connectivity index (χ4v) is 3.93. The zero-order chi connectivity index (χ0) is 19.1. The lowest BCUT2D eigenvalue weighted by molar-refractivity contribution is -0.274. The van der Waals surface area contributed by atoms with Gasteiger partial charge in [0.05, 0.1) is 12.7 Å². The highest BCUT2D eigenvalue weighted by molar-refractivity contribution is 14.1. The van der Waals surface area contributed by atoms with Crippen LogP contribution < -0.4 is 9.47 Å². The fraction of sp³-hybridized carbons (Fsp3) is 0.333. The summed E-state index contributed by atoms with van der Waals surface area (Å²) in [4.78, 5) is 0. The summed E-state index contributed by atoms with van der Waals surface area (Å²) in [5.41, 5.74) is 2.85. The van der Waals surface area contributed by atoms with Gasteiger partial charge in [-0.15, -0.1) is 13.2 Å². The van der Waals surface area contributed by atoms with Gasteiger partial charge in [-0.2, -0.15) is 0 Å². The van der Waals surface area contributed by atoms with E-state index in [-0.39, 0.29) is 5.75 Å². The van der Waals surface area contributed by atoms with E-state index in [0.717, 1.165) is 14.7 Å². The Labute approximate surface area is 161 Å². The second-order valence-electron chi connectivity index (χ2n) is 5.98. The second kappa shape index (κ2) is 7.24. The molecule has 0 bridgehead atoms. The van der Waals surface area contributed by atoms with E-state index in [0.29, 0.717) is 29.9 Å². The molecule has 8 heteroatoms. The van der Waals surface area contributed by atoms with Gasteiger partial charge >= 0.3 is 6.36 Å². The third kappa shape index (κ3) is 3.91. The molecule has 0 fully saturated rings. The highest BCUT2D eigenvalue weighted by Crippen LogP contribution is 2.44. The Kier molecular flexibility index (Phi) is 5.36. The predicted octanol–water partition coefficient (Wildman–Crippen LogP) is 4.21. The fourth-order valence-electron chi connectivity index (χ4n) is 2.98. The molecule has 2 N–H and O–H groups in total. The topological polar surface area (TPSA) is 58.9 Å². The number of hydrogen-bond acceptors (Lipinski definition) is 4. The molecule has 1 unspecified atom stereocenters. The average molecular weight is 480 g/mol.